The number of aromatic nitrogens is 2. The van der Waals surface area contributed by atoms with Crippen LogP contribution in [0.25, 0.3) is 0 Å². The molecular formula is C15H16Cl2N4O. The zero-order valence-electron chi connectivity index (χ0n) is 12.1. The van der Waals surface area contributed by atoms with Gasteiger partial charge in [0, 0.05) is 34.9 Å². The molecule has 1 N–H and O–H groups in total. The zero-order chi connectivity index (χ0) is 15.5. The van der Waals surface area contributed by atoms with Crippen molar-refractivity contribution in [3.63, 3.8) is 0 Å². The standard InChI is InChI=1S/C15H16Cl2N4O/c1-10-18-14(20-13-7-11(16)6-12(17)8-13)9-15(19-10)21-2-4-22-5-3-21/h6-9H,2-5H2,1H3,(H,18,19,20). The van der Waals surface area contributed by atoms with Crippen LogP contribution in [-0.2, 0) is 4.74 Å². The minimum Gasteiger partial charge on any atom is -0.378 e. The Balaban J connectivity index is 1.85. The molecule has 1 aromatic carbocycles. The third-order valence-corrected chi connectivity index (χ3v) is 3.73. The maximum atomic E-state index is 6.02. The molecule has 1 aromatic heterocycles. The number of rotatable bonds is 3. The highest BCUT2D eigenvalue weighted by Gasteiger charge is 2.14. The zero-order valence-corrected chi connectivity index (χ0v) is 13.7. The van der Waals surface area contributed by atoms with Gasteiger partial charge in [0.1, 0.15) is 17.5 Å². The third-order valence-electron chi connectivity index (χ3n) is 3.29. The van der Waals surface area contributed by atoms with Crippen LogP contribution in [0, 0.1) is 6.92 Å². The predicted molar refractivity (Wildman–Crippen MR) is 89.5 cm³/mol. The lowest BCUT2D eigenvalue weighted by Crippen LogP contribution is -2.36. The van der Waals surface area contributed by atoms with Gasteiger partial charge in [0.25, 0.3) is 0 Å². The highest BCUT2D eigenvalue weighted by atomic mass is 35.5. The summed E-state index contributed by atoms with van der Waals surface area (Å²) in [5.41, 5.74) is 0.795. The van der Waals surface area contributed by atoms with Crippen LogP contribution in [0.2, 0.25) is 10.0 Å². The van der Waals surface area contributed by atoms with Crippen molar-refractivity contribution in [3.05, 3.63) is 40.1 Å². The molecule has 7 heteroatoms. The van der Waals surface area contributed by atoms with Crippen molar-refractivity contribution in [1.82, 2.24) is 9.97 Å². The highest BCUT2D eigenvalue weighted by molar-refractivity contribution is 6.35. The Morgan fingerprint density at radius 3 is 2.41 bits per heavy atom. The van der Waals surface area contributed by atoms with Crippen molar-refractivity contribution in [2.75, 3.05) is 36.5 Å². The van der Waals surface area contributed by atoms with Gasteiger partial charge < -0.3 is 15.0 Å². The second kappa shape index (κ2) is 6.69. The van der Waals surface area contributed by atoms with E-state index in [4.69, 9.17) is 27.9 Å². The molecule has 1 fully saturated rings. The number of hydrogen-bond acceptors (Lipinski definition) is 5. The molecule has 1 saturated heterocycles. The topological polar surface area (TPSA) is 50.3 Å². The van der Waals surface area contributed by atoms with Gasteiger partial charge >= 0.3 is 0 Å². The van der Waals surface area contributed by atoms with Gasteiger partial charge in [-0.05, 0) is 25.1 Å². The molecule has 0 bridgehead atoms. The van der Waals surface area contributed by atoms with Crippen molar-refractivity contribution in [1.29, 1.82) is 0 Å². The monoisotopic (exact) mass is 338 g/mol. The average molecular weight is 339 g/mol. The maximum absolute atomic E-state index is 6.02. The van der Waals surface area contributed by atoms with Gasteiger partial charge in [-0.15, -0.1) is 0 Å². The predicted octanol–water partition coefficient (Wildman–Crippen LogP) is 3.67. The molecule has 0 amide bonds. The molecule has 3 rings (SSSR count). The molecule has 116 valence electrons. The lowest BCUT2D eigenvalue weighted by Gasteiger charge is -2.28. The number of morpholine rings is 1. The molecule has 0 unspecified atom stereocenters. The summed E-state index contributed by atoms with van der Waals surface area (Å²) in [7, 11) is 0. The first-order valence-electron chi connectivity index (χ1n) is 7.02. The molecular weight excluding hydrogens is 323 g/mol. The lowest BCUT2D eigenvalue weighted by atomic mass is 10.3. The number of benzene rings is 1. The van der Waals surface area contributed by atoms with Crippen molar-refractivity contribution in [2.24, 2.45) is 0 Å². The lowest BCUT2D eigenvalue weighted by molar-refractivity contribution is 0.122. The minimum atomic E-state index is 0.578. The summed E-state index contributed by atoms with van der Waals surface area (Å²) in [6.45, 7) is 4.98. The Bertz CT molecular complexity index is 654. The van der Waals surface area contributed by atoms with E-state index in [-0.39, 0.29) is 0 Å². The second-order valence-electron chi connectivity index (χ2n) is 5.04. The number of nitrogens with zero attached hydrogens (tertiary/aromatic N) is 3. The Labute approximate surface area is 139 Å². The fourth-order valence-electron chi connectivity index (χ4n) is 2.34. The van der Waals surface area contributed by atoms with Crippen LogP contribution < -0.4 is 10.2 Å². The molecule has 1 aliphatic rings. The molecule has 0 atom stereocenters. The van der Waals surface area contributed by atoms with Gasteiger partial charge in [0.2, 0.25) is 0 Å². The molecule has 22 heavy (non-hydrogen) atoms. The summed E-state index contributed by atoms with van der Waals surface area (Å²) in [5.74, 6) is 2.32. The van der Waals surface area contributed by atoms with E-state index in [1.807, 2.05) is 13.0 Å². The van der Waals surface area contributed by atoms with E-state index < -0.39 is 0 Å². The van der Waals surface area contributed by atoms with Crippen LogP contribution >= 0.6 is 23.2 Å². The van der Waals surface area contributed by atoms with Gasteiger partial charge in [-0.3, -0.25) is 0 Å². The first-order valence-corrected chi connectivity index (χ1v) is 7.77. The molecule has 2 heterocycles. The highest BCUT2D eigenvalue weighted by Crippen LogP contribution is 2.26. The number of halogens is 2. The van der Waals surface area contributed by atoms with Crippen molar-refractivity contribution < 1.29 is 4.74 Å². The smallest absolute Gasteiger partial charge is 0.136 e. The number of anilines is 3. The van der Waals surface area contributed by atoms with E-state index in [0.29, 0.717) is 21.7 Å². The van der Waals surface area contributed by atoms with Crippen LogP contribution in [0.3, 0.4) is 0 Å². The van der Waals surface area contributed by atoms with Gasteiger partial charge in [0.05, 0.1) is 13.2 Å². The van der Waals surface area contributed by atoms with E-state index in [1.54, 1.807) is 18.2 Å². The normalized spacial score (nSPS) is 15.0. The Kier molecular flexibility index (Phi) is 4.66. The van der Waals surface area contributed by atoms with Gasteiger partial charge in [-0.2, -0.15) is 0 Å². The summed E-state index contributed by atoms with van der Waals surface area (Å²) < 4.78 is 5.37. The minimum absolute atomic E-state index is 0.578. The van der Waals surface area contributed by atoms with Crippen molar-refractivity contribution in [3.8, 4) is 0 Å². The van der Waals surface area contributed by atoms with Crippen LogP contribution in [-0.4, -0.2) is 36.3 Å². The molecule has 2 aromatic rings. The fourth-order valence-corrected chi connectivity index (χ4v) is 2.87. The molecule has 0 spiro atoms. The third kappa shape index (κ3) is 3.80. The molecule has 0 aliphatic carbocycles. The molecule has 0 radical (unpaired) electrons. The van der Waals surface area contributed by atoms with Gasteiger partial charge in [0.15, 0.2) is 0 Å². The summed E-state index contributed by atoms with van der Waals surface area (Å²) in [6, 6.07) is 7.23. The van der Waals surface area contributed by atoms with Crippen LogP contribution in [0.5, 0.6) is 0 Å². The SMILES string of the molecule is Cc1nc(Nc2cc(Cl)cc(Cl)c2)cc(N2CCOCC2)n1. The van der Waals surface area contributed by atoms with Crippen LogP contribution in [0.15, 0.2) is 24.3 Å². The number of hydrogen-bond donors (Lipinski definition) is 1. The summed E-state index contributed by atoms with van der Waals surface area (Å²) in [5, 5.41) is 4.38. The van der Waals surface area contributed by atoms with E-state index in [2.05, 4.69) is 20.2 Å². The summed E-state index contributed by atoms with van der Waals surface area (Å²) in [4.78, 5) is 11.1. The quantitative estimate of drug-likeness (QED) is 0.925. The molecule has 5 nitrogen and oxygen atoms in total. The summed E-state index contributed by atoms with van der Waals surface area (Å²) >= 11 is 12.0. The largest absolute Gasteiger partial charge is 0.378 e. The van der Waals surface area contributed by atoms with E-state index in [9.17, 15) is 0 Å². The molecule has 0 saturated carbocycles. The fraction of sp³-hybridized carbons (Fsp3) is 0.333. The van der Waals surface area contributed by atoms with E-state index in [0.717, 1.165) is 37.8 Å². The van der Waals surface area contributed by atoms with Gasteiger partial charge in [-0.25, -0.2) is 9.97 Å². The van der Waals surface area contributed by atoms with E-state index >= 15 is 0 Å². The average Bonchev–Trinajstić information content (AvgIpc) is 2.46. The number of nitrogens with one attached hydrogen (secondary N) is 1. The first-order chi connectivity index (χ1) is 10.6. The maximum Gasteiger partial charge on any atom is 0.136 e. The van der Waals surface area contributed by atoms with Gasteiger partial charge in [-0.1, -0.05) is 23.2 Å². The second-order valence-corrected chi connectivity index (χ2v) is 5.91. The van der Waals surface area contributed by atoms with Crippen molar-refractivity contribution in [2.45, 2.75) is 6.92 Å². The van der Waals surface area contributed by atoms with Crippen LogP contribution in [0.1, 0.15) is 5.82 Å². The Morgan fingerprint density at radius 1 is 1.05 bits per heavy atom. The number of ether oxygens (including phenoxy) is 1. The summed E-state index contributed by atoms with van der Waals surface area (Å²) in [6.07, 6.45) is 0. The first kappa shape index (κ1) is 15.3. The Morgan fingerprint density at radius 2 is 1.73 bits per heavy atom. The van der Waals surface area contributed by atoms with Crippen LogP contribution in [0.4, 0.5) is 17.3 Å². The van der Waals surface area contributed by atoms with E-state index in [1.165, 1.54) is 0 Å². The number of aryl methyl sites for hydroxylation is 1. The Hall–Kier alpha value is -1.56. The molecule has 1 aliphatic heterocycles. The van der Waals surface area contributed by atoms with Crippen molar-refractivity contribution >= 4 is 40.5 Å².